The quantitative estimate of drug-likeness (QED) is 0.163. The van der Waals surface area contributed by atoms with E-state index in [0.29, 0.717) is 5.82 Å². The van der Waals surface area contributed by atoms with Crippen LogP contribution >= 0.6 is 0 Å². The molecule has 0 saturated heterocycles. The van der Waals surface area contributed by atoms with E-state index in [-0.39, 0.29) is 0 Å². The molecule has 0 aliphatic carbocycles. The van der Waals surface area contributed by atoms with Crippen molar-refractivity contribution in [3.63, 3.8) is 0 Å². The van der Waals surface area contributed by atoms with Gasteiger partial charge in [0, 0.05) is 44.3 Å². The highest BCUT2D eigenvalue weighted by atomic mass is 16.3. The molecule has 0 atom stereocenters. The standard InChI is InChI=1S/C54H35N3O/c1-4-14-36(15-5-1)38-24-28-44(29-25-38)57(43-20-8-3-9-21-43)45-30-26-39(27-31-45)54-55-49-23-13-12-22-46(49)53(56-54)48-33-42(37-16-6-2-7-17-37)35-51-52(48)47-32-40-18-10-11-19-41(40)34-50(47)58-51/h1-35H. The Kier molecular flexibility index (Phi) is 8.11. The number of nitrogens with zero attached hydrogens (tertiary/aromatic N) is 3. The Labute approximate surface area is 335 Å². The molecular weight excluding hydrogens is 707 g/mol. The second-order valence-corrected chi connectivity index (χ2v) is 14.6. The zero-order chi connectivity index (χ0) is 38.4. The molecule has 0 fully saturated rings. The van der Waals surface area contributed by atoms with Crippen LogP contribution in [-0.2, 0) is 0 Å². The summed E-state index contributed by atoms with van der Waals surface area (Å²) in [5.74, 6) is 0.662. The van der Waals surface area contributed by atoms with Gasteiger partial charge in [-0.15, -0.1) is 0 Å². The summed E-state index contributed by atoms with van der Waals surface area (Å²) in [6.45, 7) is 0. The molecule has 0 amide bonds. The lowest BCUT2D eigenvalue weighted by molar-refractivity contribution is 0.669. The van der Waals surface area contributed by atoms with Gasteiger partial charge in [0.1, 0.15) is 11.2 Å². The summed E-state index contributed by atoms with van der Waals surface area (Å²) in [5, 5.41) is 5.41. The van der Waals surface area contributed by atoms with Crippen molar-refractivity contribution in [2.45, 2.75) is 0 Å². The van der Waals surface area contributed by atoms with E-state index in [1.54, 1.807) is 0 Å². The molecule has 0 aliphatic heterocycles. The van der Waals surface area contributed by atoms with Crippen molar-refractivity contribution in [3.8, 4) is 44.9 Å². The Bertz CT molecular complexity index is 3250. The number of rotatable bonds is 7. The number of benzene rings is 9. The Hall–Kier alpha value is -7.82. The smallest absolute Gasteiger partial charge is 0.160 e. The number of anilines is 3. The van der Waals surface area contributed by atoms with E-state index in [1.807, 2.05) is 18.2 Å². The van der Waals surface area contributed by atoms with Gasteiger partial charge >= 0.3 is 0 Å². The Morgan fingerprint density at radius 3 is 1.59 bits per heavy atom. The molecule has 0 saturated carbocycles. The van der Waals surface area contributed by atoms with Crippen molar-refractivity contribution in [1.82, 2.24) is 9.97 Å². The zero-order valence-electron chi connectivity index (χ0n) is 31.5. The lowest BCUT2D eigenvalue weighted by atomic mass is 9.94. The minimum Gasteiger partial charge on any atom is -0.456 e. The molecule has 0 bridgehead atoms. The second-order valence-electron chi connectivity index (χ2n) is 14.6. The highest BCUT2D eigenvalue weighted by Gasteiger charge is 2.21. The monoisotopic (exact) mass is 741 g/mol. The third-order valence-electron chi connectivity index (χ3n) is 11.0. The van der Waals surface area contributed by atoms with Crippen molar-refractivity contribution in [1.29, 1.82) is 0 Å². The maximum Gasteiger partial charge on any atom is 0.160 e. The van der Waals surface area contributed by atoms with E-state index in [2.05, 4.69) is 199 Å². The molecule has 4 nitrogen and oxygen atoms in total. The van der Waals surface area contributed by atoms with E-state index >= 15 is 0 Å². The highest BCUT2D eigenvalue weighted by molar-refractivity contribution is 6.18. The van der Waals surface area contributed by atoms with Crippen LogP contribution in [0.4, 0.5) is 17.1 Å². The first-order valence-electron chi connectivity index (χ1n) is 19.6. The largest absolute Gasteiger partial charge is 0.456 e. The summed E-state index contributed by atoms with van der Waals surface area (Å²) in [6, 6.07) is 74.4. The average molecular weight is 742 g/mol. The highest BCUT2D eigenvalue weighted by Crippen LogP contribution is 2.43. The van der Waals surface area contributed by atoms with Gasteiger partial charge in [-0.25, -0.2) is 9.97 Å². The van der Waals surface area contributed by atoms with Gasteiger partial charge in [-0.1, -0.05) is 133 Å². The summed E-state index contributed by atoms with van der Waals surface area (Å²) in [7, 11) is 0. The Morgan fingerprint density at radius 1 is 0.362 bits per heavy atom. The first-order chi connectivity index (χ1) is 28.7. The number of fused-ring (bicyclic) bond motifs is 5. The number of aromatic nitrogens is 2. The average Bonchev–Trinajstić information content (AvgIpc) is 3.66. The van der Waals surface area contributed by atoms with Crippen molar-refractivity contribution < 1.29 is 4.42 Å². The van der Waals surface area contributed by atoms with Gasteiger partial charge in [-0.3, -0.25) is 0 Å². The first kappa shape index (κ1) is 33.5. The SMILES string of the molecule is c1ccc(-c2ccc(N(c3ccccc3)c3ccc(-c4nc(-c5cc(-c6ccccc6)cc6oc7cc8ccccc8cc7c56)c5ccccc5n4)cc3)cc2)cc1. The van der Waals surface area contributed by atoms with Crippen LogP contribution in [0, 0.1) is 0 Å². The van der Waals surface area contributed by atoms with Crippen LogP contribution in [0.3, 0.4) is 0 Å². The van der Waals surface area contributed by atoms with Crippen molar-refractivity contribution in [3.05, 3.63) is 212 Å². The molecule has 0 unspecified atom stereocenters. The van der Waals surface area contributed by atoms with Crippen molar-refractivity contribution >= 4 is 60.7 Å². The van der Waals surface area contributed by atoms with E-state index in [9.17, 15) is 0 Å². The Morgan fingerprint density at radius 2 is 0.897 bits per heavy atom. The van der Waals surface area contributed by atoms with Crippen LogP contribution < -0.4 is 4.90 Å². The molecule has 11 aromatic rings. The third kappa shape index (κ3) is 5.96. The van der Waals surface area contributed by atoms with Gasteiger partial charge in [0.05, 0.1) is 11.2 Å². The summed E-state index contributed by atoms with van der Waals surface area (Å²) >= 11 is 0. The molecule has 0 radical (unpaired) electrons. The number of furan rings is 1. The predicted octanol–water partition coefficient (Wildman–Crippen LogP) is 14.8. The molecule has 0 spiro atoms. The molecule has 11 rings (SSSR count). The molecule has 58 heavy (non-hydrogen) atoms. The van der Waals surface area contributed by atoms with E-state index < -0.39 is 0 Å². The van der Waals surface area contributed by atoms with Gasteiger partial charge in [-0.05, 0) is 112 Å². The number of para-hydroxylation sites is 2. The number of hydrogen-bond donors (Lipinski definition) is 0. The molecular formula is C54H35N3O. The molecule has 272 valence electrons. The van der Waals surface area contributed by atoms with Crippen molar-refractivity contribution in [2.24, 2.45) is 0 Å². The van der Waals surface area contributed by atoms with E-state index in [4.69, 9.17) is 14.4 Å². The molecule has 0 N–H and O–H groups in total. The summed E-state index contributed by atoms with van der Waals surface area (Å²) in [4.78, 5) is 12.9. The van der Waals surface area contributed by atoms with E-state index in [0.717, 1.165) is 83.2 Å². The fourth-order valence-corrected chi connectivity index (χ4v) is 8.20. The summed E-state index contributed by atoms with van der Waals surface area (Å²) in [6.07, 6.45) is 0. The van der Waals surface area contributed by atoms with Gasteiger partial charge in [0.15, 0.2) is 5.82 Å². The van der Waals surface area contributed by atoms with Crippen LogP contribution in [0.15, 0.2) is 217 Å². The van der Waals surface area contributed by atoms with Gasteiger partial charge in [0.25, 0.3) is 0 Å². The first-order valence-corrected chi connectivity index (χ1v) is 19.6. The minimum atomic E-state index is 0.662. The van der Waals surface area contributed by atoms with E-state index in [1.165, 1.54) is 16.5 Å². The normalized spacial score (nSPS) is 11.4. The molecule has 4 heteroatoms. The maximum absolute atomic E-state index is 6.70. The third-order valence-corrected chi connectivity index (χ3v) is 11.0. The minimum absolute atomic E-state index is 0.662. The van der Waals surface area contributed by atoms with Crippen LogP contribution in [0.1, 0.15) is 0 Å². The second kappa shape index (κ2) is 14.0. The molecule has 9 aromatic carbocycles. The Balaban J connectivity index is 1.06. The van der Waals surface area contributed by atoms with Gasteiger partial charge in [-0.2, -0.15) is 0 Å². The molecule has 2 aromatic heterocycles. The predicted molar refractivity (Wildman–Crippen MR) is 241 cm³/mol. The fraction of sp³-hybridized carbons (Fsp3) is 0. The lowest BCUT2D eigenvalue weighted by Crippen LogP contribution is -2.09. The molecule has 0 aliphatic rings. The van der Waals surface area contributed by atoms with Gasteiger partial charge in [0.2, 0.25) is 0 Å². The van der Waals surface area contributed by atoms with Crippen LogP contribution in [0.25, 0.3) is 88.5 Å². The molecule has 2 heterocycles. The van der Waals surface area contributed by atoms with Gasteiger partial charge < -0.3 is 9.32 Å². The van der Waals surface area contributed by atoms with Crippen LogP contribution in [-0.4, -0.2) is 9.97 Å². The maximum atomic E-state index is 6.70. The van der Waals surface area contributed by atoms with Crippen LogP contribution in [0.5, 0.6) is 0 Å². The van der Waals surface area contributed by atoms with Crippen molar-refractivity contribution in [2.75, 3.05) is 4.90 Å². The summed E-state index contributed by atoms with van der Waals surface area (Å²) < 4.78 is 6.70. The zero-order valence-corrected chi connectivity index (χ0v) is 31.5. The summed E-state index contributed by atoms with van der Waals surface area (Å²) in [5.41, 5.74) is 13.1. The number of hydrogen-bond acceptors (Lipinski definition) is 4. The lowest BCUT2D eigenvalue weighted by Gasteiger charge is -2.26. The van der Waals surface area contributed by atoms with Crippen LogP contribution in [0.2, 0.25) is 0 Å². The fourth-order valence-electron chi connectivity index (χ4n) is 8.20. The topological polar surface area (TPSA) is 42.2 Å².